The molecule has 1 aromatic heterocycles. The van der Waals surface area contributed by atoms with Gasteiger partial charge >= 0.3 is 0 Å². The zero-order valence-corrected chi connectivity index (χ0v) is 9.01. The molecule has 0 unspecified atom stereocenters. The maximum atomic E-state index is 8.95. The zero-order chi connectivity index (χ0) is 11.5. The molecule has 0 atom stereocenters. The molecule has 6 nitrogen and oxygen atoms in total. The smallest absolute Gasteiger partial charge is 0.184 e. The van der Waals surface area contributed by atoms with Crippen molar-refractivity contribution in [3.05, 3.63) is 24.5 Å². The average Bonchev–Trinajstić information content (AvgIpc) is 2.74. The number of aromatic nitrogens is 3. The second-order valence-corrected chi connectivity index (χ2v) is 3.24. The monoisotopic (exact) mass is 220 g/mol. The second kappa shape index (κ2) is 4.19. The Morgan fingerprint density at radius 3 is 2.81 bits per heavy atom. The number of nitrogens with zero attached hydrogens (tertiary/aromatic N) is 3. The first-order chi connectivity index (χ1) is 7.76. The number of benzene rings is 1. The molecule has 0 spiro atoms. The summed E-state index contributed by atoms with van der Waals surface area (Å²) >= 11 is 0. The predicted molar refractivity (Wildman–Crippen MR) is 58.4 cm³/mol. The van der Waals surface area contributed by atoms with E-state index in [0.29, 0.717) is 17.3 Å². The summed E-state index contributed by atoms with van der Waals surface area (Å²) in [5, 5.41) is 13.1. The number of hydrogen-bond acceptors (Lipinski definition) is 5. The van der Waals surface area contributed by atoms with Crippen molar-refractivity contribution in [1.82, 2.24) is 14.8 Å². The van der Waals surface area contributed by atoms with E-state index in [9.17, 15) is 0 Å². The molecule has 16 heavy (non-hydrogen) atoms. The highest BCUT2D eigenvalue weighted by Crippen LogP contribution is 2.34. The topological polar surface area (TPSA) is 72.2 Å². The Kier molecular flexibility index (Phi) is 2.74. The van der Waals surface area contributed by atoms with Gasteiger partial charge < -0.3 is 4.74 Å². The van der Waals surface area contributed by atoms with Crippen LogP contribution in [0.1, 0.15) is 0 Å². The van der Waals surface area contributed by atoms with E-state index in [1.165, 1.54) is 7.11 Å². The molecule has 0 bridgehead atoms. The molecule has 6 heteroatoms. The molecule has 0 fully saturated rings. The average molecular weight is 220 g/mol. The van der Waals surface area contributed by atoms with Gasteiger partial charge in [-0.15, -0.1) is 0 Å². The summed E-state index contributed by atoms with van der Waals surface area (Å²) in [6.07, 6.45) is 1.60. The molecular weight excluding hydrogens is 208 g/mol. The number of rotatable bonds is 3. The third kappa shape index (κ3) is 1.70. The van der Waals surface area contributed by atoms with Gasteiger partial charge in [-0.3, -0.25) is 15.4 Å². The Morgan fingerprint density at radius 1 is 1.44 bits per heavy atom. The lowest BCUT2D eigenvalue weighted by Gasteiger charge is -2.09. The molecule has 0 aliphatic heterocycles. The second-order valence-electron chi connectivity index (χ2n) is 3.24. The minimum atomic E-state index is 0.479. The molecule has 0 aliphatic rings. The van der Waals surface area contributed by atoms with Crippen molar-refractivity contribution in [2.45, 2.75) is 0 Å². The quantitative estimate of drug-likeness (QED) is 0.762. The minimum Gasteiger partial charge on any atom is -0.494 e. The fourth-order valence-electron chi connectivity index (χ4n) is 1.48. The first kappa shape index (κ1) is 10.4. The van der Waals surface area contributed by atoms with Crippen molar-refractivity contribution < 1.29 is 9.94 Å². The lowest BCUT2D eigenvalue weighted by atomic mass is 10.1. The Bertz CT molecular complexity index is 495. The zero-order valence-electron chi connectivity index (χ0n) is 9.01. The van der Waals surface area contributed by atoms with Crippen molar-refractivity contribution in [3.63, 3.8) is 0 Å². The molecule has 2 N–H and O–H groups in total. The number of hydrogen-bond donors (Lipinski definition) is 2. The molecule has 0 saturated carbocycles. The van der Waals surface area contributed by atoms with Gasteiger partial charge in [-0.1, -0.05) is 6.07 Å². The molecule has 84 valence electrons. The normalized spacial score (nSPS) is 10.2. The Balaban J connectivity index is 2.56. The standard InChI is InChI=1S/C10H12N4O2/c1-14-6-11-10(12-14)7-4-3-5-8(13-15)9(7)16-2/h3-6,13,15H,1-2H3. The number of para-hydroxylation sites is 1. The number of methoxy groups -OCH3 is 1. The number of anilines is 1. The van der Waals surface area contributed by atoms with Crippen LogP contribution in [0.5, 0.6) is 5.75 Å². The Hall–Kier alpha value is -2.08. The van der Waals surface area contributed by atoms with E-state index in [4.69, 9.17) is 9.94 Å². The minimum absolute atomic E-state index is 0.479. The highest BCUT2D eigenvalue weighted by molar-refractivity contribution is 5.73. The summed E-state index contributed by atoms with van der Waals surface area (Å²) in [7, 11) is 3.32. The van der Waals surface area contributed by atoms with Crippen LogP contribution >= 0.6 is 0 Å². The van der Waals surface area contributed by atoms with E-state index in [1.807, 2.05) is 6.07 Å². The van der Waals surface area contributed by atoms with Crippen LogP contribution in [-0.2, 0) is 7.05 Å². The third-order valence-corrected chi connectivity index (χ3v) is 2.18. The summed E-state index contributed by atoms with van der Waals surface area (Å²) in [4.78, 5) is 4.13. The fraction of sp³-hybridized carbons (Fsp3) is 0.200. The molecule has 2 aromatic rings. The first-order valence-electron chi connectivity index (χ1n) is 4.69. The van der Waals surface area contributed by atoms with Gasteiger partial charge in [0.25, 0.3) is 0 Å². The van der Waals surface area contributed by atoms with Gasteiger partial charge in [-0.2, -0.15) is 5.10 Å². The number of nitrogens with one attached hydrogen (secondary N) is 1. The van der Waals surface area contributed by atoms with Crippen molar-refractivity contribution in [2.24, 2.45) is 7.05 Å². The van der Waals surface area contributed by atoms with E-state index in [2.05, 4.69) is 15.6 Å². The van der Waals surface area contributed by atoms with Gasteiger partial charge in [-0.25, -0.2) is 4.98 Å². The summed E-state index contributed by atoms with van der Waals surface area (Å²) < 4.78 is 6.82. The molecule has 0 aliphatic carbocycles. The number of aryl methyl sites for hydroxylation is 1. The molecule has 0 saturated heterocycles. The predicted octanol–water partition coefficient (Wildman–Crippen LogP) is 1.29. The van der Waals surface area contributed by atoms with Crippen molar-refractivity contribution >= 4 is 5.69 Å². The summed E-state index contributed by atoms with van der Waals surface area (Å²) in [6, 6.07) is 5.31. The Morgan fingerprint density at radius 2 is 2.25 bits per heavy atom. The van der Waals surface area contributed by atoms with Crippen LogP contribution in [0.4, 0.5) is 5.69 Å². The van der Waals surface area contributed by atoms with E-state index in [-0.39, 0.29) is 0 Å². The lowest BCUT2D eigenvalue weighted by molar-refractivity contribution is 0.374. The highest BCUT2D eigenvalue weighted by atomic mass is 16.5. The van der Waals surface area contributed by atoms with Crippen LogP contribution in [0.15, 0.2) is 24.5 Å². The van der Waals surface area contributed by atoms with Crippen molar-refractivity contribution in [1.29, 1.82) is 0 Å². The van der Waals surface area contributed by atoms with E-state index < -0.39 is 0 Å². The van der Waals surface area contributed by atoms with E-state index >= 15 is 0 Å². The summed E-state index contributed by atoms with van der Waals surface area (Å²) in [5.74, 6) is 1.06. The van der Waals surface area contributed by atoms with Crippen LogP contribution in [0, 0.1) is 0 Å². The molecule has 0 amide bonds. The van der Waals surface area contributed by atoms with E-state index in [0.717, 1.165) is 5.56 Å². The first-order valence-corrected chi connectivity index (χ1v) is 4.69. The maximum absolute atomic E-state index is 8.95. The van der Waals surface area contributed by atoms with Crippen LogP contribution in [0.2, 0.25) is 0 Å². The van der Waals surface area contributed by atoms with Crippen LogP contribution in [0.3, 0.4) is 0 Å². The van der Waals surface area contributed by atoms with Crippen molar-refractivity contribution in [2.75, 3.05) is 12.6 Å². The van der Waals surface area contributed by atoms with Crippen LogP contribution in [-0.4, -0.2) is 27.1 Å². The van der Waals surface area contributed by atoms with Gasteiger partial charge in [0.05, 0.1) is 12.7 Å². The Labute approximate surface area is 92.5 Å². The SMILES string of the molecule is COc1c(NO)cccc1-c1ncn(C)n1. The molecular formula is C10H12N4O2. The van der Waals surface area contributed by atoms with Crippen LogP contribution < -0.4 is 10.2 Å². The van der Waals surface area contributed by atoms with Crippen LogP contribution in [0.25, 0.3) is 11.4 Å². The van der Waals surface area contributed by atoms with Gasteiger partial charge in [0.15, 0.2) is 11.6 Å². The molecule has 2 rings (SSSR count). The molecule has 1 heterocycles. The maximum Gasteiger partial charge on any atom is 0.184 e. The third-order valence-electron chi connectivity index (χ3n) is 2.18. The molecule has 0 radical (unpaired) electrons. The number of ether oxygens (including phenoxy) is 1. The van der Waals surface area contributed by atoms with Gasteiger partial charge in [0.2, 0.25) is 0 Å². The summed E-state index contributed by atoms with van der Waals surface area (Å²) in [6.45, 7) is 0. The van der Waals surface area contributed by atoms with E-state index in [1.54, 1.807) is 30.2 Å². The van der Waals surface area contributed by atoms with Gasteiger partial charge in [0, 0.05) is 7.05 Å². The summed E-state index contributed by atoms with van der Waals surface area (Å²) in [5.41, 5.74) is 3.28. The fourth-order valence-corrected chi connectivity index (χ4v) is 1.48. The lowest BCUT2D eigenvalue weighted by Crippen LogP contribution is -1.97. The molecule has 1 aromatic carbocycles. The van der Waals surface area contributed by atoms with Gasteiger partial charge in [0.1, 0.15) is 12.0 Å². The highest BCUT2D eigenvalue weighted by Gasteiger charge is 2.13. The largest absolute Gasteiger partial charge is 0.494 e. The van der Waals surface area contributed by atoms with Crippen molar-refractivity contribution in [3.8, 4) is 17.1 Å². The van der Waals surface area contributed by atoms with Gasteiger partial charge in [-0.05, 0) is 12.1 Å².